The maximum absolute atomic E-state index is 12.0. The normalized spacial score (nSPS) is 13.7. The van der Waals surface area contributed by atoms with Crippen LogP contribution >= 0.6 is 0 Å². The molecule has 1 atom stereocenters. The Hall–Kier alpha value is -0.910. The van der Waals surface area contributed by atoms with Crippen LogP contribution in [0.5, 0.6) is 0 Å². The molecule has 0 saturated heterocycles. The zero-order chi connectivity index (χ0) is 14.5. The summed E-state index contributed by atoms with van der Waals surface area (Å²) in [5.74, 6) is 0.791. The van der Waals surface area contributed by atoms with Gasteiger partial charge in [-0.15, -0.1) is 0 Å². The van der Waals surface area contributed by atoms with E-state index >= 15 is 0 Å². The van der Waals surface area contributed by atoms with E-state index in [-0.39, 0.29) is 5.75 Å². The summed E-state index contributed by atoms with van der Waals surface area (Å²) in [5.41, 5.74) is 7.27. The van der Waals surface area contributed by atoms with Crippen LogP contribution in [-0.2, 0) is 22.3 Å². The summed E-state index contributed by atoms with van der Waals surface area (Å²) in [5, 5.41) is 0. The van der Waals surface area contributed by atoms with Crippen molar-refractivity contribution >= 4 is 10.0 Å². The Balaban J connectivity index is 2.63. The molecule has 0 heterocycles. The molecule has 1 aromatic carbocycles. The minimum atomic E-state index is -3.28. The van der Waals surface area contributed by atoms with Gasteiger partial charge in [0.1, 0.15) is 0 Å². The summed E-state index contributed by atoms with van der Waals surface area (Å²) in [4.78, 5) is 0. The summed E-state index contributed by atoms with van der Waals surface area (Å²) in [6.07, 6.45) is 0. The molecule has 0 radical (unpaired) electrons. The van der Waals surface area contributed by atoms with Crippen LogP contribution in [0.1, 0.15) is 31.9 Å². The van der Waals surface area contributed by atoms with Gasteiger partial charge in [0, 0.05) is 13.1 Å². The van der Waals surface area contributed by atoms with E-state index in [2.05, 4.69) is 18.6 Å². The molecule has 0 aliphatic carbocycles. The molecule has 0 saturated carbocycles. The molecular weight excluding hydrogens is 260 g/mol. The molecule has 0 spiro atoms. The highest BCUT2D eigenvalue weighted by Crippen LogP contribution is 2.11. The van der Waals surface area contributed by atoms with Gasteiger partial charge in [-0.05, 0) is 23.0 Å². The van der Waals surface area contributed by atoms with E-state index in [1.807, 2.05) is 31.2 Å². The monoisotopic (exact) mass is 284 g/mol. The molecule has 19 heavy (non-hydrogen) atoms. The van der Waals surface area contributed by atoms with Crippen molar-refractivity contribution in [3.63, 3.8) is 0 Å². The Bertz CT molecular complexity index is 498. The Morgan fingerprint density at radius 1 is 1.21 bits per heavy atom. The highest BCUT2D eigenvalue weighted by Gasteiger charge is 2.14. The average molecular weight is 284 g/mol. The standard InChI is InChI=1S/C14H24N2O2S/c1-11(2)12(3)9-16-19(17,18)10-14-6-4-5-13(7-14)8-15/h4-7,11-12,16H,8-10,15H2,1-3H3. The predicted octanol–water partition coefficient (Wildman–Crippen LogP) is 1.86. The number of sulfonamides is 1. The van der Waals surface area contributed by atoms with Crippen molar-refractivity contribution in [3.05, 3.63) is 35.4 Å². The molecule has 0 aliphatic heterocycles. The van der Waals surface area contributed by atoms with Crippen molar-refractivity contribution in [3.8, 4) is 0 Å². The molecule has 3 N–H and O–H groups in total. The minimum Gasteiger partial charge on any atom is -0.326 e. The Morgan fingerprint density at radius 3 is 2.42 bits per heavy atom. The van der Waals surface area contributed by atoms with Gasteiger partial charge in [-0.1, -0.05) is 45.0 Å². The van der Waals surface area contributed by atoms with Crippen LogP contribution in [0.25, 0.3) is 0 Å². The van der Waals surface area contributed by atoms with Gasteiger partial charge in [0.15, 0.2) is 0 Å². The van der Waals surface area contributed by atoms with Crippen LogP contribution in [0.4, 0.5) is 0 Å². The van der Waals surface area contributed by atoms with Crippen molar-refractivity contribution in [2.75, 3.05) is 6.54 Å². The van der Waals surface area contributed by atoms with Gasteiger partial charge in [-0.25, -0.2) is 13.1 Å². The molecule has 0 bridgehead atoms. The van der Waals surface area contributed by atoms with Crippen LogP contribution in [-0.4, -0.2) is 15.0 Å². The van der Waals surface area contributed by atoms with E-state index in [0.29, 0.717) is 24.9 Å². The summed E-state index contributed by atoms with van der Waals surface area (Å²) in [6, 6.07) is 7.38. The topological polar surface area (TPSA) is 72.2 Å². The summed E-state index contributed by atoms with van der Waals surface area (Å²) in [7, 11) is -3.28. The summed E-state index contributed by atoms with van der Waals surface area (Å²) >= 11 is 0. The van der Waals surface area contributed by atoms with E-state index in [0.717, 1.165) is 11.1 Å². The first kappa shape index (κ1) is 16.1. The van der Waals surface area contributed by atoms with Gasteiger partial charge in [0.2, 0.25) is 10.0 Å². The van der Waals surface area contributed by atoms with Crippen LogP contribution in [0.15, 0.2) is 24.3 Å². The molecule has 5 heteroatoms. The lowest BCUT2D eigenvalue weighted by Crippen LogP contribution is -2.31. The molecule has 0 aromatic heterocycles. The van der Waals surface area contributed by atoms with E-state index in [4.69, 9.17) is 5.73 Å². The fourth-order valence-corrected chi connectivity index (χ4v) is 2.85. The van der Waals surface area contributed by atoms with E-state index < -0.39 is 10.0 Å². The predicted molar refractivity (Wildman–Crippen MR) is 79.0 cm³/mol. The largest absolute Gasteiger partial charge is 0.326 e. The van der Waals surface area contributed by atoms with Crippen molar-refractivity contribution in [2.45, 2.75) is 33.1 Å². The van der Waals surface area contributed by atoms with Crippen LogP contribution in [0, 0.1) is 11.8 Å². The lowest BCUT2D eigenvalue weighted by atomic mass is 9.99. The van der Waals surface area contributed by atoms with Crippen LogP contribution in [0.2, 0.25) is 0 Å². The fourth-order valence-electron chi connectivity index (χ4n) is 1.61. The maximum atomic E-state index is 12.0. The molecule has 108 valence electrons. The number of rotatable bonds is 7. The Kier molecular flexibility index (Phi) is 5.97. The van der Waals surface area contributed by atoms with Crippen molar-refractivity contribution in [2.24, 2.45) is 17.6 Å². The van der Waals surface area contributed by atoms with Gasteiger partial charge >= 0.3 is 0 Å². The maximum Gasteiger partial charge on any atom is 0.215 e. The molecule has 0 amide bonds. The third-order valence-corrected chi connectivity index (χ3v) is 4.67. The van der Waals surface area contributed by atoms with E-state index in [1.54, 1.807) is 0 Å². The molecule has 1 rings (SSSR count). The molecule has 4 nitrogen and oxygen atoms in total. The summed E-state index contributed by atoms with van der Waals surface area (Å²) in [6.45, 7) is 7.12. The number of benzene rings is 1. The second kappa shape index (κ2) is 7.03. The second-order valence-electron chi connectivity index (χ2n) is 5.35. The molecule has 1 unspecified atom stereocenters. The van der Waals surface area contributed by atoms with Crippen molar-refractivity contribution in [1.29, 1.82) is 0 Å². The number of nitrogens with two attached hydrogens (primary N) is 1. The second-order valence-corrected chi connectivity index (χ2v) is 7.16. The van der Waals surface area contributed by atoms with Gasteiger partial charge < -0.3 is 5.73 Å². The van der Waals surface area contributed by atoms with Gasteiger partial charge in [0.25, 0.3) is 0 Å². The highest BCUT2D eigenvalue weighted by atomic mass is 32.2. The van der Waals surface area contributed by atoms with Gasteiger partial charge in [-0.3, -0.25) is 0 Å². The van der Waals surface area contributed by atoms with Crippen LogP contribution < -0.4 is 10.5 Å². The number of nitrogens with one attached hydrogen (secondary N) is 1. The fraction of sp³-hybridized carbons (Fsp3) is 0.571. The minimum absolute atomic E-state index is 0.00561. The molecule has 1 aromatic rings. The van der Waals surface area contributed by atoms with Crippen molar-refractivity contribution < 1.29 is 8.42 Å². The zero-order valence-electron chi connectivity index (χ0n) is 11.9. The van der Waals surface area contributed by atoms with E-state index in [9.17, 15) is 8.42 Å². The molecular formula is C14H24N2O2S. The molecule has 0 fully saturated rings. The van der Waals surface area contributed by atoms with Crippen LogP contribution in [0.3, 0.4) is 0 Å². The first-order valence-corrected chi connectivity index (χ1v) is 8.24. The highest BCUT2D eigenvalue weighted by molar-refractivity contribution is 7.88. The van der Waals surface area contributed by atoms with Gasteiger partial charge in [0.05, 0.1) is 5.75 Å². The number of hydrogen-bond acceptors (Lipinski definition) is 3. The Labute approximate surface area is 116 Å². The van der Waals surface area contributed by atoms with Crippen molar-refractivity contribution in [1.82, 2.24) is 4.72 Å². The Morgan fingerprint density at radius 2 is 1.84 bits per heavy atom. The lowest BCUT2D eigenvalue weighted by Gasteiger charge is -2.16. The zero-order valence-corrected chi connectivity index (χ0v) is 12.7. The number of hydrogen-bond donors (Lipinski definition) is 2. The third-order valence-electron chi connectivity index (χ3n) is 3.35. The van der Waals surface area contributed by atoms with E-state index in [1.165, 1.54) is 0 Å². The third kappa shape index (κ3) is 5.72. The first-order chi connectivity index (χ1) is 8.84. The summed E-state index contributed by atoms with van der Waals surface area (Å²) < 4.78 is 26.6. The first-order valence-electron chi connectivity index (χ1n) is 6.59. The quantitative estimate of drug-likeness (QED) is 0.802. The smallest absolute Gasteiger partial charge is 0.215 e. The molecule has 0 aliphatic rings. The average Bonchev–Trinajstić information content (AvgIpc) is 2.35. The lowest BCUT2D eigenvalue weighted by molar-refractivity contribution is 0.414. The van der Waals surface area contributed by atoms with Gasteiger partial charge in [-0.2, -0.15) is 0 Å². The SMILES string of the molecule is CC(C)C(C)CNS(=O)(=O)Cc1cccc(CN)c1.